The van der Waals surface area contributed by atoms with Crippen molar-refractivity contribution in [1.82, 2.24) is 0 Å². The van der Waals surface area contributed by atoms with Crippen LogP contribution < -0.4 is 14.2 Å². The van der Waals surface area contributed by atoms with Crippen LogP contribution in [0.3, 0.4) is 0 Å². The molecule has 26 heavy (non-hydrogen) atoms. The fourth-order valence-electron chi connectivity index (χ4n) is 2.79. The Balaban J connectivity index is 2.21. The lowest BCUT2D eigenvalue weighted by Crippen LogP contribution is -2.09. The van der Waals surface area contributed by atoms with E-state index in [1.165, 1.54) is 0 Å². The first-order valence-corrected chi connectivity index (χ1v) is 9.07. The van der Waals surface area contributed by atoms with Crippen LogP contribution in [0.4, 0.5) is 0 Å². The lowest BCUT2D eigenvalue weighted by Gasteiger charge is -2.20. The molecule has 0 amide bonds. The molecule has 142 valence electrons. The Bertz CT molecular complexity index is 679. The van der Waals surface area contributed by atoms with Crippen LogP contribution in [0.5, 0.6) is 17.2 Å². The van der Waals surface area contributed by atoms with Crippen molar-refractivity contribution < 1.29 is 23.7 Å². The zero-order valence-electron chi connectivity index (χ0n) is 15.6. The van der Waals surface area contributed by atoms with Crippen molar-refractivity contribution >= 4 is 15.9 Å². The van der Waals surface area contributed by atoms with Crippen molar-refractivity contribution in [2.24, 2.45) is 0 Å². The smallest absolute Gasteiger partial charge is 0.203 e. The summed E-state index contributed by atoms with van der Waals surface area (Å²) in [6, 6.07) is 12.0. The zero-order chi connectivity index (χ0) is 18.9. The molecule has 0 aliphatic rings. The highest BCUT2D eigenvalue weighted by Gasteiger charge is 2.17. The molecular formula is C20H25BrO5. The first kappa shape index (κ1) is 20.6. The summed E-state index contributed by atoms with van der Waals surface area (Å²) in [5, 5.41) is 0. The largest absolute Gasteiger partial charge is 0.493 e. The molecule has 0 saturated heterocycles. The van der Waals surface area contributed by atoms with Crippen LogP contribution in [0.15, 0.2) is 40.9 Å². The highest BCUT2D eigenvalue weighted by atomic mass is 79.9. The minimum Gasteiger partial charge on any atom is -0.493 e. The van der Waals surface area contributed by atoms with E-state index in [1.54, 1.807) is 28.4 Å². The topological polar surface area (TPSA) is 46.2 Å². The standard InChI is InChI=1S/C20H25BrO5/c1-22-13-26-17(15-7-5-6-8-16(15)21)10-9-14-11-18(23-2)20(25-4)19(12-14)24-3/h5-8,11-12,17H,9-10,13H2,1-4H3/t17-/m1/s1. The molecule has 2 rings (SSSR count). The molecular weight excluding hydrogens is 400 g/mol. The Morgan fingerprint density at radius 3 is 2.12 bits per heavy atom. The second kappa shape index (κ2) is 10.4. The van der Waals surface area contributed by atoms with Gasteiger partial charge in [0.1, 0.15) is 6.79 Å². The minimum atomic E-state index is -0.0929. The molecule has 0 unspecified atom stereocenters. The van der Waals surface area contributed by atoms with Gasteiger partial charge in [0.15, 0.2) is 11.5 Å². The summed E-state index contributed by atoms with van der Waals surface area (Å²) < 4.78 is 28.3. The molecule has 6 heteroatoms. The van der Waals surface area contributed by atoms with E-state index in [-0.39, 0.29) is 12.9 Å². The minimum absolute atomic E-state index is 0.0929. The molecule has 2 aromatic rings. The van der Waals surface area contributed by atoms with Crippen LogP contribution in [-0.2, 0) is 15.9 Å². The quantitative estimate of drug-likeness (QED) is 0.514. The molecule has 0 aliphatic heterocycles. The summed E-state index contributed by atoms with van der Waals surface area (Å²) in [5.41, 5.74) is 2.18. The molecule has 0 heterocycles. The van der Waals surface area contributed by atoms with Crippen LogP contribution >= 0.6 is 15.9 Å². The SMILES string of the molecule is COCO[C@H](CCc1cc(OC)c(OC)c(OC)c1)c1ccccc1Br. The molecule has 0 radical (unpaired) electrons. The Hall–Kier alpha value is -1.76. The van der Waals surface area contributed by atoms with Crippen molar-refractivity contribution in [1.29, 1.82) is 0 Å². The van der Waals surface area contributed by atoms with Gasteiger partial charge < -0.3 is 23.7 Å². The molecule has 0 N–H and O–H groups in total. The van der Waals surface area contributed by atoms with E-state index in [2.05, 4.69) is 22.0 Å². The third kappa shape index (κ3) is 5.13. The van der Waals surface area contributed by atoms with Crippen LogP contribution in [0.1, 0.15) is 23.7 Å². The van der Waals surface area contributed by atoms with E-state index in [0.717, 1.165) is 28.4 Å². The summed E-state index contributed by atoms with van der Waals surface area (Å²) >= 11 is 3.60. The van der Waals surface area contributed by atoms with Crippen molar-refractivity contribution in [3.63, 3.8) is 0 Å². The maximum atomic E-state index is 5.90. The first-order chi connectivity index (χ1) is 12.6. The second-order valence-electron chi connectivity index (χ2n) is 5.66. The number of benzene rings is 2. The van der Waals surface area contributed by atoms with Crippen LogP contribution in [0, 0.1) is 0 Å². The lowest BCUT2D eigenvalue weighted by atomic mass is 10.0. The fourth-order valence-corrected chi connectivity index (χ4v) is 3.33. The Morgan fingerprint density at radius 1 is 0.923 bits per heavy atom. The second-order valence-corrected chi connectivity index (χ2v) is 6.51. The van der Waals surface area contributed by atoms with E-state index >= 15 is 0 Å². The molecule has 0 aliphatic carbocycles. The van der Waals surface area contributed by atoms with Gasteiger partial charge in [-0.15, -0.1) is 0 Å². The van der Waals surface area contributed by atoms with Gasteiger partial charge in [-0.1, -0.05) is 34.1 Å². The summed E-state index contributed by atoms with van der Waals surface area (Å²) in [6.07, 6.45) is 1.47. The fraction of sp³-hybridized carbons (Fsp3) is 0.400. The van der Waals surface area contributed by atoms with Gasteiger partial charge in [-0.05, 0) is 42.2 Å². The van der Waals surface area contributed by atoms with E-state index in [1.807, 2.05) is 30.3 Å². The molecule has 0 saturated carbocycles. The Kier molecular flexibility index (Phi) is 8.22. The molecule has 1 atom stereocenters. The summed E-state index contributed by atoms with van der Waals surface area (Å²) in [4.78, 5) is 0. The van der Waals surface area contributed by atoms with E-state index in [9.17, 15) is 0 Å². The van der Waals surface area contributed by atoms with E-state index in [4.69, 9.17) is 23.7 Å². The zero-order valence-corrected chi connectivity index (χ0v) is 17.2. The van der Waals surface area contributed by atoms with Gasteiger partial charge in [0, 0.05) is 11.6 Å². The molecule has 5 nitrogen and oxygen atoms in total. The lowest BCUT2D eigenvalue weighted by molar-refractivity contribution is -0.0759. The summed E-state index contributed by atoms with van der Waals surface area (Å²) in [6.45, 7) is 0.237. The number of rotatable bonds is 10. The Morgan fingerprint density at radius 2 is 1.58 bits per heavy atom. The van der Waals surface area contributed by atoms with Gasteiger partial charge in [-0.3, -0.25) is 0 Å². The monoisotopic (exact) mass is 424 g/mol. The molecule has 2 aromatic carbocycles. The van der Waals surface area contributed by atoms with Crippen LogP contribution in [0.25, 0.3) is 0 Å². The van der Waals surface area contributed by atoms with Gasteiger partial charge in [0.2, 0.25) is 5.75 Å². The highest BCUT2D eigenvalue weighted by Crippen LogP contribution is 2.39. The predicted octanol–water partition coefficient (Wildman–Crippen LogP) is 4.77. The molecule has 0 bridgehead atoms. The van der Waals surface area contributed by atoms with Crippen molar-refractivity contribution in [3.8, 4) is 17.2 Å². The third-order valence-electron chi connectivity index (χ3n) is 4.06. The number of aryl methyl sites for hydroxylation is 1. The number of hydrogen-bond donors (Lipinski definition) is 0. The molecule has 0 spiro atoms. The number of methoxy groups -OCH3 is 4. The molecule has 0 aromatic heterocycles. The normalized spacial score (nSPS) is 11.9. The maximum Gasteiger partial charge on any atom is 0.203 e. The van der Waals surface area contributed by atoms with Crippen LogP contribution in [-0.4, -0.2) is 35.2 Å². The van der Waals surface area contributed by atoms with Crippen LogP contribution in [0.2, 0.25) is 0 Å². The number of hydrogen-bond acceptors (Lipinski definition) is 5. The highest BCUT2D eigenvalue weighted by molar-refractivity contribution is 9.10. The van der Waals surface area contributed by atoms with Gasteiger partial charge in [-0.2, -0.15) is 0 Å². The maximum absolute atomic E-state index is 5.90. The average molecular weight is 425 g/mol. The van der Waals surface area contributed by atoms with Gasteiger partial charge in [0.05, 0.1) is 27.4 Å². The van der Waals surface area contributed by atoms with Gasteiger partial charge in [0.25, 0.3) is 0 Å². The number of ether oxygens (including phenoxy) is 5. The Labute approximate surface area is 163 Å². The average Bonchev–Trinajstić information content (AvgIpc) is 2.67. The van der Waals surface area contributed by atoms with E-state index < -0.39 is 0 Å². The molecule has 0 fully saturated rings. The van der Waals surface area contributed by atoms with Crippen molar-refractivity contribution in [2.45, 2.75) is 18.9 Å². The predicted molar refractivity (Wildman–Crippen MR) is 104 cm³/mol. The first-order valence-electron chi connectivity index (χ1n) is 8.28. The van der Waals surface area contributed by atoms with Crippen molar-refractivity contribution in [3.05, 3.63) is 52.0 Å². The number of halogens is 1. The van der Waals surface area contributed by atoms with E-state index in [0.29, 0.717) is 17.2 Å². The summed E-state index contributed by atoms with van der Waals surface area (Å²) in [7, 11) is 6.46. The summed E-state index contributed by atoms with van der Waals surface area (Å²) in [5.74, 6) is 1.89. The van der Waals surface area contributed by atoms with Crippen molar-refractivity contribution in [2.75, 3.05) is 35.2 Å². The van der Waals surface area contributed by atoms with Gasteiger partial charge >= 0.3 is 0 Å². The van der Waals surface area contributed by atoms with Gasteiger partial charge in [-0.25, -0.2) is 0 Å². The third-order valence-corrected chi connectivity index (χ3v) is 4.78.